The summed E-state index contributed by atoms with van der Waals surface area (Å²) >= 11 is 0. The van der Waals surface area contributed by atoms with E-state index >= 15 is 0 Å². The number of aryl methyl sites for hydroxylation is 1. The number of carbonyl (C=O) groups is 1. The first-order valence-electron chi connectivity index (χ1n) is 9.95. The van der Waals surface area contributed by atoms with Crippen LogP contribution >= 0.6 is 0 Å². The molecule has 1 aromatic heterocycles. The summed E-state index contributed by atoms with van der Waals surface area (Å²) in [6.07, 6.45) is 2.69. The van der Waals surface area contributed by atoms with E-state index < -0.39 is 0 Å². The molecule has 1 saturated heterocycles. The summed E-state index contributed by atoms with van der Waals surface area (Å²) in [5, 5.41) is 3.04. The quantitative estimate of drug-likeness (QED) is 0.806. The largest absolute Gasteiger partial charge is 0.376 e. The molecule has 150 valence electrons. The summed E-state index contributed by atoms with van der Waals surface area (Å²) in [5.41, 5.74) is 2.69. The molecule has 2 N–H and O–H groups in total. The van der Waals surface area contributed by atoms with Gasteiger partial charge in [-0.15, -0.1) is 0 Å². The number of aromatic amines is 1. The Hall–Kier alpha value is -2.40. The Balaban J connectivity index is 1.72. The van der Waals surface area contributed by atoms with Gasteiger partial charge >= 0.3 is 0 Å². The predicted octanol–water partition coefficient (Wildman–Crippen LogP) is 3.26. The van der Waals surface area contributed by atoms with E-state index in [1.807, 2.05) is 12.1 Å². The Labute approximate surface area is 166 Å². The zero-order valence-electron chi connectivity index (χ0n) is 17.0. The van der Waals surface area contributed by atoms with Gasteiger partial charge in [0.1, 0.15) is 0 Å². The standard InChI is InChI=1S/C23H30N2O3/c1-17-7-4-5-9-19(17)23(12-14-28-22(2,3)16-23)15-21(27)24-13-11-18-8-6-10-20(26)25-18/h4-10H,11-16H2,1-3H3,(H,24,27)(H,25,26)/t23-/m0/s1. The number of aromatic nitrogens is 1. The first-order chi connectivity index (χ1) is 13.3. The molecule has 2 heterocycles. The SMILES string of the molecule is Cc1ccccc1[C@]1(CC(=O)NCCc2cccc(=O)[nH]2)CCOC(C)(C)C1. The number of hydrogen-bond donors (Lipinski definition) is 2. The van der Waals surface area contributed by atoms with E-state index in [0.717, 1.165) is 18.5 Å². The number of carbonyl (C=O) groups excluding carboxylic acids is 1. The van der Waals surface area contributed by atoms with Gasteiger partial charge in [0.2, 0.25) is 11.5 Å². The van der Waals surface area contributed by atoms with E-state index in [1.165, 1.54) is 17.2 Å². The Bertz CT molecular complexity index is 887. The molecule has 3 rings (SSSR count). The molecule has 1 fully saturated rings. The van der Waals surface area contributed by atoms with Crippen LogP contribution < -0.4 is 10.9 Å². The van der Waals surface area contributed by atoms with Crippen LogP contribution in [0.15, 0.2) is 47.3 Å². The monoisotopic (exact) mass is 382 g/mol. The lowest BCUT2D eigenvalue weighted by atomic mass is 9.66. The van der Waals surface area contributed by atoms with E-state index in [0.29, 0.717) is 26.0 Å². The van der Waals surface area contributed by atoms with E-state index in [2.05, 4.69) is 49.3 Å². The zero-order valence-corrected chi connectivity index (χ0v) is 17.0. The minimum Gasteiger partial charge on any atom is -0.376 e. The molecule has 0 unspecified atom stereocenters. The van der Waals surface area contributed by atoms with Gasteiger partial charge in [-0.25, -0.2) is 0 Å². The molecule has 0 aliphatic carbocycles. The lowest BCUT2D eigenvalue weighted by Crippen LogP contribution is -2.47. The molecule has 0 saturated carbocycles. The molecule has 28 heavy (non-hydrogen) atoms. The Morgan fingerprint density at radius 2 is 1.96 bits per heavy atom. The van der Waals surface area contributed by atoms with Crippen molar-refractivity contribution in [1.29, 1.82) is 0 Å². The molecule has 0 spiro atoms. The van der Waals surface area contributed by atoms with E-state index in [-0.39, 0.29) is 22.5 Å². The van der Waals surface area contributed by atoms with Crippen molar-refractivity contribution in [2.24, 2.45) is 0 Å². The predicted molar refractivity (Wildman–Crippen MR) is 111 cm³/mol. The van der Waals surface area contributed by atoms with Crippen molar-refractivity contribution in [3.63, 3.8) is 0 Å². The van der Waals surface area contributed by atoms with Gasteiger partial charge in [0.25, 0.3) is 0 Å². The number of H-pyrrole nitrogens is 1. The second-order valence-electron chi connectivity index (χ2n) is 8.45. The smallest absolute Gasteiger partial charge is 0.248 e. The van der Waals surface area contributed by atoms with Crippen LogP contribution in [0, 0.1) is 6.92 Å². The maximum atomic E-state index is 12.8. The van der Waals surface area contributed by atoms with Gasteiger partial charge in [0.05, 0.1) is 5.60 Å². The van der Waals surface area contributed by atoms with Crippen molar-refractivity contribution in [1.82, 2.24) is 10.3 Å². The van der Waals surface area contributed by atoms with E-state index in [4.69, 9.17) is 4.74 Å². The molecule has 5 nitrogen and oxygen atoms in total. The minimum atomic E-state index is -0.260. The molecule has 0 bridgehead atoms. The molecule has 1 aromatic carbocycles. The third-order valence-corrected chi connectivity index (χ3v) is 5.60. The number of nitrogens with one attached hydrogen (secondary N) is 2. The van der Waals surface area contributed by atoms with Gasteiger partial charge in [-0.2, -0.15) is 0 Å². The van der Waals surface area contributed by atoms with Crippen molar-refractivity contribution in [3.05, 3.63) is 69.6 Å². The minimum absolute atomic E-state index is 0.0410. The summed E-state index contributed by atoms with van der Waals surface area (Å²) < 4.78 is 5.95. The topological polar surface area (TPSA) is 71.2 Å². The lowest BCUT2D eigenvalue weighted by molar-refractivity contribution is -0.126. The highest BCUT2D eigenvalue weighted by Gasteiger charge is 2.44. The van der Waals surface area contributed by atoms with Crippen LogP contribution in [0.4, 0.5) is 0 Å². The summed E-state index contributed by atoms with van der Waals surface area (Å²) in [6, 6.07) is 13.4. The number of rotatable bonds is 6. The highest BCUT2D eigenvalue weighted by Crippen LogP contribution is 2.45. The maximum absolute atomic E-state index is 12.8. The van der Waals surface area contributed by atoms with Gasteiger partial charge in [-0.05, 0) is 50.8 Å². The molecule has 1 aliphatic rings. The van der Waals surface area contributed by atoms with Crippen LogP contribution in [-0.2, 0) is 21.4 Å². The van der Waals surface area contributed by atoms with Gasteiger partial charge in [-0.1, -0.05) is 30.3 Å². The summed E-state index contributed by atoms with van der Waals surface area (Å²) in [7, 11) is 0. The fraction of sp³-hybridized carbons (Fsp3) is 0.478. The van der Waals surface area contributed by atoms with Crippen LogP contribution in [0.3, 0.4) is 0 Å². The van der Waals surface area contributed by atoms with Crippen LogP contribution in [-0.4, -0.2) is 29.6 Å². The van der Waals surface area contributed by atoms with Gasteiger partial charge < -0.3 is 15.0 Å². The van der Waals surface area contributed by atoms with Crippen molar-refractivity contribution in [3.8, 4) is 0 Å². The highest BCUT2D eigenvalue weighted by atomic mass is 16.5. The molecule has 0 radical (unpaired) electrons. The average molecular weight is 383 g/mol. The highest BCUT2D eigenvalue weighted by molar-refractivity contribution is 5.77. The summed E-state index contributed by atoms with van der Waals surface area (Å²) in [5.74, 6) is 0.0410. The molecular weight excluding hydrogens is 352 g/mol. The van der Waals surface area contributed by atoms with Crippen molar-refractivity contribution in [2.75, 3.05) is 13.2 Å². The Morgan fingerprint density at radius 1 is 1.18 bits per heavy atom. The molecule has 5 heteroatoms. The number of benzene rings is 1. The van der Waals surface area contributed by atoms with Crippen molar-refractivity contribution < 1.29 is 9.53 Å². The first-order valence-corrected chi connectivity index (χ1v) is 9.95. The Morgan fingerprint density at radius 3 is 2.68 bits per heavy atom. The van der Waals surface area contributed by atoms with Crippen LogP contribution in [0.25, 0.3) is 0 Å². The molecule has 2 aromatic rings. The summed E-state index contributed by atoms with van der Waals surface area (Å²) in [4.78, 5) is 27.0. The summed E-state index contributed by atoms with van der Waals surface area (Å²) in [6.45, 7) is 7.47. The second-order valence-corrected chi connectivity index (χ2v) is 8.45. The Kier molecular flexibility index (Phi) is 6.04. The van der Waals surface area contributed by atoms with Crippen molar-refractivity contribution >= 4 is 5.91 Å². The molecular formula is C23H30N2O3. The molecule has 1 aliphatic heterocycles. The van der Waals surface area contributed by atoms with Gasteiger partial charge in [0.15, 0.2) is 0 Å². The van der Waals surface area contributed by atoms with Gasteiger partial charge in [-0.3, -0.25) is 9.59 Å². The van der Waals surface area contributed by atoms with Gasteiger partial charge in [0, 0.05) is 43.2 Å². The van der Waals surface area contributed by atoms with Crippen molar-refractivity contribution in [2.45, 2.75) is 57.5 Å². The number of ether oxygens (including phenoxy) is 1. The van der Waals surface area contributed by atoms with Crippen LogP contribution in [0.1, 0.15) is 49.9 Å². The van der Waals surface area contributed by atoms with E-state index in [9.17, 15) is 9.59 Å². The maximum Gasteiger partial charge on any atom is 0.248 e. The number of pyridine rings is 1. The third-order valence-electron chi connectivity index (χ3n) is 5.60. The fourth-order valence-electron chi connectivity index (χ4n) is 4.47. The number of amides is 1. The number of hydrogen-bond acceptors (Lipinski definition) is 3. The normalized spacial score (nSPS) is 21.2. The zero-order chi connectivity index (χ0) is 20.2. The molecule has 1 atom stereocenters. The third kappa shape index (κ3) is 4.90. The van der Waals surface area contributed by atoms with E-state index in [1.54, 1.807) is 6.07 Å². The van der Waals surface area contributed by atoms with Crippen LogP contribution in [0.2, 0.25) is 0 Å². The first kappa shape index (κ1) is 20.3. The average Bonchev–Trinajstić information content (AvgIpc) is 2.61. The van der Waals surface area contributed by atoms with Crippen LogP contribution in [0.5, 0.6) is 0 Å². The fourth-order valence-corrected chi connectivity index (χ4v) is 4.47. The second kappa shape index (κ2) is 8.31. The lowest BCUT2D eigenvalue weighted by Gasteiger charge is -2.45. The molecule has 1 amide bonds.